The van der Waals surface area contributed by atoms with E-state index in [0.717, 1.165) is 37.0 Å². The number of hydrogen-bond donors (Lipinski definition) is 0. The van der Waals surface area contributed by atoms with Crippen LogP contribution in [0.1, 0.15) is 42.5 Å². The minimum Gasteiger partial charge on any atom is -0.496 e. The molecule has 1 aromatic heterocycles. The predicted octanol–water partition coefficient (Wildman–Crippen LogP) is 3.72. The van der Waals surface area contributed by atoms with E-state index < -0.39 is 9.84 Å². The van der Waals surface area contributed by atoms with E-state index >= 15 is 0 Å². The second-order valence-corrected chi connectivity index (χ2v) is 12.1. The lowest BCUT2D eigenvalue weighted by Gasteiger charge is -2.36. The fourth-order valence-corrected chi connectivity index (χ4v) is 7.48. The van der Waals surface area contributed by atoms with Crippen LogP contribution in [0.4, 0.5) is 0 Å². The highest BCUT2D eigenvalue weighted by Crippen LogP contribution is 2.30. The lowest BCUT2D eigenvalue weighted by Crippen LogP contribution is -2.50. The monoisotopic (exact) mass is 476 g/mol. The van der Waals surface area contributed by atoms with Crippen molar-refractivity contribution in [3.63, 3.8) is 0 Å². The second kappa shape index (κ2) is 10.4. The molecule has 0 radical (unpaired) electrons. The molecule has 0 bridgehead atoms. The molecule has 0 spiro atoms. The highest BCUT2D eigenvalue weighted by Gasteiger charge is 2.39. The SMILES string of the molecule is COc1ccccc1CN(CC(=O)N(C1CCCC1)C1CCS(=O)(=O)C1)Cc1cccs1. The average Bonchev–Trinajstić information content (AvgIpc) is 3.52. The maximum absolute atomic E-state index is 13.7. The summed E-state index contributed by atoms with van der Waals surface area (Å²) >= 11 is 1.68. The van der Waals surface area contributed by atoms with E-state index in [-0.39, 0.29) is 36.0 Å². The van der Waals surface area contributed by atoms with Crippen molar-refractivity contribution in [1.29, 1.82) is 0 Å². The molecule has 2 aromatic rings. The summed E-state index contributed by atoms with van der Waals surface area (Å²) in [7, 11) is -1.39. The molecule has 1 unspecified atom stereocenters. The molecule has 6 nitrogen and oxygen atoms in total. The van der Waals surface area contributed by atoms with Gasteiger partial charge in [0, 0.05) is 35.6 Å². The first-order chi connectivity index (χ1) is 15.4. The highest BCUT2D eigenvalue weighted by molar-refractivity contribution is 7.91. The van der Waals surface area contributed by atoms with Gasteiger partial charge in [-0.2, -0.15) is 0 Å². The molecule has 2 fully saturated rings. The van der Waals surface area contributed by atoms with Crippen LogP contribution in [0.5, 0.6) is 5.75 Å². The van der Waals surface area contributed by atoms with Gasteiger partial charge in [-0.15, -0.1) is 11.3 Å². The van der Waals surface area contributed by atoms with Gasteiger partial charge in [-0.05, 0) is 36.8 Å². The summed E-state index contributed by atoms with van der Waals surface area (Å²) in [5, 5.41) is 2.05. The fraction of sp³-hybridized carbons (Fsp3) is 0.542. The number of ether oxygens (including phenoxy) is 1. The number of rotatable bonds is 9. The quantitative estimate of drug-likeness (QED) is 0.552. The predicted molar refractivity (Wildman–Crippen MR) is 128 cm³/mol. The zero-order valence-electron chi connectivity index (χ0n) is 18.6. The summed E-state index contributed by atoms with van der Waals surface area (Å²) in [5.74, 6) is 1.15. The lowest BCUT2D eigenvalue weighted by atomic mass is 10.1. The molecule has 32 heavy (non-hydrogen) atoms. The summed E-state index contributed by atoms with van der Waals surface area (Å²) in [4.78, 5) is 19.0. The smallest absolute Gasteiger partial charge is 0.237 e. The van der Waals surface area contributed by atoms with Gasteiger partial charge in [0.1, 0.15) is 5.75 Å². The average molecular weight is 477 g/mol. The molecular weight excluding hydrogens is 444 g/mol. The van der Waals surface area contributed by atoms with Crippen LogP contribution in [0.2, 0.25) is 0 Å². The number of nitrogens with zero attached hydrogens (tertiary/aromatic N) is 2. The van der Waals surface area contributed by atoms with E-state index in [4.69, 9.17) is 4.74 Å². The van der Waals surface area contributed by atoms with Crippen molar-refractivity contribution >= 4 is 27.1 Å². The third-order valence-electron chi connectivity index (χ3n) is 6.51. The van der Waals surface area contributed by atoms with Crippen LogP contribution in [0.25, 0.3) is 0 Å². The molecule has 1 aromatic carbocycles. The van der Waals surface area contributed by atoms with Crippen molar-refractivity contribution in [2.75, 3.05) is 25.2 Å². The Morgan fingerprint density at radius 3 is 2.50 bits per heavy atom. The Morgan fingerprint density at radius 2 is 1.84 bits per heavy atom. The number of amides is 1. The van der Waals surface area contributed by atoms with E-state index in [1.54, 1.807) is 18.4 Å². The van der Waals surface area contributed by atoms with Gasteiger partial charge >= 0.3 is 0 Å². The van der Waals surface area contributed by atoms with Crippen LogP contribution in [-0.2, 0) is 27.7 Å². The second-order valence-electron chi connectivity index (χ2n) is 8.83. The normalized spacial score (nSPS) is 20.6. The lowest BCUT2D eigenvalue weighted by molar-refractivity contribution is -0.137. The van der Waals surface area contributed by atoms with E-state index in [1.807, 2.05) is 40.6 Å². The number of carbonyl (C=O) groups is 1. The van der Waals surface area contributed by atoms with Crippen molar-refractivity contribution < 1.29 is 17.9 Å². The molecule has 4 rings (SSSR count). The third kappa shape index (κ3) is 5.71. The van der Waals surface area contributed by atoms with E-state index in [1.165, 1.54) is 4.88 Å². The van der Waals surface area contributed by atoms with Gasteiger partial charge < -0.3 is 9.64 Å². The number of carbonyl (C=O) groups excluding carboxylic acids is 1. The summed E-state index contributed by atoms with van der Waals surface area (Å²) in [6, 6.07) is 12.0. The van der Waals surface area contributed by atoms with Crippen molar-refractivity contribution in [3.05, 3.63) is 52.2 Å². The summed E-state index contributed by atoms with van der Waals surface area (Å²) in [6.07, 6.45) is 4.71. The molecule has 1 saturated carbocycles. The van der Waals surface area contributed by atoms with Crippen LogP contribution in [0.3, 0.4) is 0 Å². The molecule has 1 saturated heterocycles. The van der Waals surface area contributed by atoms with Crippen molar-refractivity contribution in [2.24, 2.45) is 0 Å². The van der Waals surface area contributed by atoms with Crippen molar-refractivity contribution in [2.45, 2.75) is 57.3 Å². The molecule has 1 aliphatic carbocycles. The Balaban J connectivity index is 1.55. The molecule has 1 atom stereocenters. The van der Waals surface area contributed by atoms with Gasteiger partial charge in [0.05, 0.1) is 25.2 Å². The van der Waals surface area contributed by atoms with Crippen LogP contribution in [0, 0.1) is 0 Å². The van der Waals surface area contributed by atoms with Gasteiger partial charge in [-0.3, -0.25) is 9.69 Å². The molecule has 2 aliphatic rings. The third-order valence-corrected chi connectivity index (χ3v) is 9.12. The molecule has 1 amide bonds. The zero-order chi connectivity index (χ0) is 22.6. The fourth-order valence-electron chi connectivity index (χ4n) is 5.02. The summed E-state index contributed by atoms with van der Waals surface area (Å²) in [6.45, 7) is 1.53. The first kappa shape index (κ1) is 23.3. The number of para-hydroxylation sites is 1. The molecule has 1 aliphatic heterocycles. The first-order valence-electron chi connectivity index (χ1n) is 11.3. The Kier molecular flexibility index (Phi) is 7.53. The van der Waals surface area contributed by atoms with Gasteiger partial charge in [0.2, 0.25) is 5.91 Å². The largest absolute Gasteiger partial charge is 0.496 e. The molecule has 174 valence electrons. The topological polar surface area (TPSA) is 66.9 Å². The maximum Gasteiger partial charge on any atom is 0.237 e. The summed E-state index contributed by atoms with van der Waals surface area (Å²) < 4.78 is 29.9. The molecule has 2 heterocycles. The van der Waals surface area contributed by atoms with E-state index in [0.29, 0.717) is 19.5 Å². The number of thiophene rings is 1. The first-order valence-corrected chi connectivity index (χ1v) is 14.0. The van der Waals surface area contributed by atoms with Crippen LogP contribution in [0.15, 0.2) is 41.8 Å². The summed E-state index contributed by atoms with van der Waals surface area (Å²) in [5.41, 5.74) is 1.04. The van der Waals surface area contributed by atoms with Crippen LogP contribution < -0.4 is 4.74 Å². The highest BCUT2D eigenvalue weighted by atomic mass is 32.2. The number of benzene rings is 1. The number of sulfone groups is 1. The van der Waals surface area contributed by atoms with Gasteiger partial charge in [0.15, 0.2) is 9.84 Å². The Morgan fingerprint density at radius 1 is 1.06 bits per heavy atom. The molecule has 0 N–H and O–H groups in total. The number of hydrogen-bond acceptors (Lipinski definition) is 6. The zero-order valence-corrected chi connectivity index (χ0v) is 20.2. The Hall–Kier alpha value is -1.90. The van der Waals surface area contributed by atoms with Gasteiger partial charge in [-0.25, -0.2) is 8.42 Å². The van der Waals surface area contributed by atoms with Crippen molar-refractivity contribution in [3.8, 4) is 5.75 Å². The minimum absolute atomic E-state index is 0.0467. The standard InChI is InChI=1S/C24H32N2O4S2/c1-30-23-11-5-2-7-19(23)15-25(16-22-10-6-13-31-22)17-24(27)26(20-8-3-4-9-20)21-12-14-32(28,29)18-21/h2,5-7,10-11,13,20-21H,3-4,8-9,12,14-18H2,1H3. The van der Waals surface area contributed by atoms with E-state index in [9.17, 15) is 13.2 Å². The Labute approximate surface area is 195 Å². The van der Waals surface area contributed by atoms with Gasteiger partial charge in [-0.1, -0.05) is 37.1 Å². The Bertz CT molecular complexity index is 1000. The maximum atomic E-state index is 13.7. The van der Waals surface area contributed by atoms with Crippen LogP contribution in [-0.4, -0.2) is 61.4 Å². The van der Waals surface area contributed by atoms with Gasteiger partial charge in [0.25, 0.3) is 0 Å². The molecule has 8 heteroatoms. The van der Waals surface area contributed by atoms with Crippen molar-refractivity contribution in [1.82, 2.24) is 9.80 Å². The molecular formula is C24H32N2O4S2. The van der Waals surface area contributed by atoms with Crippen LogP contribution >= 0.6 is 11.3 Å². The van der Waals surface area contributed by atoms with E-state index in [2.05, 4.69) is 11.0 Å². The minimum atomic E-state index is -3.05. The number of methoxy groups -OCH3 is 1.